The molecule has 6 heteroatoms. The number of aromatic nitrogens is 2. The maximum absolute atomic E-state index is 12.5. The highest BCUT2D eigenvalue weighted by atomic mass is 16.4. The molecule has 1 aliphatic rings. The Bertz CT molecular complexity index is 709. The number of amides is 1. The predicted octanol–water partition coefficient (Wildman–Crippen LogP) is 1.57. The molecule has 1 saturated heterocycles. The summed E-state index contributed by atoms with van der Waals surface area (Å²) in [5.74, 6) is -1.09. The van der Waals surface area contributed by atoms with E-state index >= 15 is 0 Å². The van der Waals surface area contributed by atoms with Crippen LogP contribution in [0.4, 0.5) is 0 Å². The first-order valence-corrected chi connectivity index (χ1v) is 6.97. The van der Waals surface area contributed by atoms with Crippen molar-refractivity contribution in [1.29, 1.82) is 0 Å². The van der Waals surface area contributed by atoms with Gasteiger partial charge in [0, 0.05) is 24.3 Å². The van der Waals surface area contributed by atoms with Gasteiger partial charge in [-0.1, -0.05) is 0 Å². The molecule has 0 radical (unpaired) electrons. The second kappa shape index (κ2) is 4.87. The fraction of sp³-hybridized carbons (Fsp3) is 0.400. The van der Waals surface area contributed by atoms with Crippen molar-refractivity contribution in [3.8, 4) is 0 Å². The smallest absolute Gasteiger partial charge is 0.329 e. The third-order valence-corrected chi connectivity index (χ3v) is 4.28. The maximum atomic E-state index is 12.5. The number of pyridine rings is 1. The molecule has 2 N–H and O–H groups in total. The lowest BCUT2D eigenvalue weighted by molar-refractivity contribution is -0.155. The molecule has 0 saturated carbocycles. The standard InChI is InChI=1S/C15H17N3O3/c1-15(14(20)21)5-3-7-18(15)12(19)8-10-9-17-13-11(10)4-2-6-16-13/h2,4,6,9H,3,5,7-8H2,1H3,(H,16,17)(H,20,21). The summed E-state index contributed by atoms with van der Waals surface area (Å²) in [6.07, 6.45) is 4.87. The van der Waals surface area contributed by atoms with Gasteiger partial charge in [-0.05, 0) is 37.5 Å². The van der Waals surface area contributed by atoms with Crippen molar-refractivity contribution in [2.45, 2.75) is 31.7 Å². The molecule has 3 rings (SSSR count). The third-order valence-electron chi connectivity index (χ3n) is 4.28. The van der Waals surface area contributed by atoms with Crippen molar-refractivity contribution in [3.63, 3.8) is 0 Å². The molecule has 0 aliphatic carbocycles. The minimum Gasteiger partial charge on any atom is -0.480 e. The van der Waals surface area contributed by atoms with Crippen LogP contribution >= 0.6 is 0 Å². The van der Waals surface area contributed by atoms with E-state index in [9.17, 15) is 14.7 Å². The van der Waals surface area contributed by atoms with Crippen molar-refractivity contribution in [3.05, 3.63) is 30.1 Å². The van der Waals surface area contributed by atoms with E-state index in [1.807, 2.05) is 12.1 Å². The van der Waals surface area contributed by atoms with Gasteiger partial charge in [0.25, 0.3) is 0 Å². The number of carboxylic acid groups (broad SMARTS) is 1. The summed E-state index contributed by atoms with van der Waals surface area (Å²) in [6.45, 7) is 2.12. The first-order chi connectivity index (χ1) is 10.0. The van der Waals surface area contributed by atoms with E-state index in [-0.39, 0.29) is 12.3 Å². The normalized spacial score (nSPS) is 21.9. The number of hydrogen-bond donors (Lipinski definition) is 2. The molecule has 0 aromatic carbocycles. The summed E-state index contributed by atoms with van der Waals surface area (Å²) in [4.78, 5) is 32.7. The molecule has 0 spiro atoms. The van der Waals surface area contributed by atoms with Gasteiger partial charge in [-0.3, -0.25) is 4.79 Å². The van der Waals surface area contributed by atoms with E-state index < -0.39 is 11.5 Å². The Morgan fingerprint density at radius 1 is 1.52 bits per heavy atom. The van der Waals surface area contributed by atoms with Crippen LogP contribution in [0.15, 0.2) is 24.5 Å². The number of rotatable bonds is 3. The lowest BCUT2D eigenvalue weighted by atomic mass is 9.98. The Balaban J connectivity index is 1.85. The van der Waals surface area contributed by atoms with Gasteiger partial charge in [-0.25, -0.2) is 9.78 Å². The average molecular weight is 287 g/mol. The molecule has 1 unspecified atom stereocenters. The van der Waals surface area contributed by atoms with Gasteiger partial charge in [0.15, 0.2) is 0 Å². The third kappa shape index (κ3) is 2.16. The summed E-state index contributed by atoms with van der Waals surface area (Å²) in [6, 6.07) is 3.73. The van der Waals surface area contributed by atoms with Gasteiger partial charge in [0.1, 0.15) is 11.2 Å². The first-order valence-electron chi connectivity index (χ1n) is 6.97. The Hall–Kier alpha value is -2.37. The van der Waals surface area contributed by atoms with Crippen molar-refractivity contribution in [2.75, 3.05) is 6.54 Å². The van der Waals surface area contributed by atoms with Crippen LogP contribution < -0.4 is 0 Å². The SMILES string of the molecule is CC1(C(=O)O)CCCN1C(=O)Cc1c[nH]c2ncccc12. The van der Waals surface area contributed by atoms with Gasteiger partial charge in [0.2, 0.25) is 5.91 Å². The van der Waals surface area contributed by atoms with Crippen LogP contribution in [0.3, 0.4) is 0 Å². The van der Waals surface area contributed by atoms with E-state index in [4.69, 9.17) is 0 Å². The molecule has 1 aliphatic heterocycles. The van der Waals surface area contributed by atoms with E-state index in [1.54, 1.807) is 19.3 Å². The van der Waals surface area contributed by atoms with Crippen molar-refractivity contribution in [2.24, 2.45) is 0 Å². The molecule has 2 aromatic rings. The number of aromatic amines is 1. The monoisotopic (exact) mass is 287 g/mol. The zero-order chi connectivity index (χ0) is 15.0. The highest BCUT2D eigenvalue weighted by Crippen LogP contribution is 2.30. The van der Waals surface area contributed by atoms with Gasteiger partial charge < -0.3 is 15.0 Å². The maximum Gasteiger partial charge on any atom is 0.329 e. The Morgan fingerprint density at radius 3 is 3.10 bits per heavy atom. The van der Waals surface area contributed by atoms with Crippen LogP contribution in [0.25, 0.3) is 11.0 Å². The molecule has 1 amide bonds. The number of likely N-dealkylation sites (tertiary alicyclic amines) is 1. The fourth-order valence-electron chi connectivity index (χ4n) is 3.00. The topological polar surface area (TPSA) is 86.3 Å². The highest BCUT2D eigenvalue weighted by molar-refractivity contribution is 5.91. The van der Waals surface area contributed by atoms with Gasteiger partial charge >= 0.3 is 5.97 Å². The molecular formula is C15H17N3O3. The number of hydrogen-bond acceptors (Lipinski definition) is 3. The van der Waals surface area contributed by atoms with Crippen molar-refractivity contribution >= 4 is 22.9 Å². The van der Waals surface area contributed by atoms with E-state index in [1.165, 1.54) is 4.90 Å². The molecule has 110 valence electrons. The Kier molecular flexibility index (Phi) is 3.16. The highest BCUT2D eigenvalue weighted by Gasteiger charge is 2.45. The van der Waals surface area contributed by atoms with Crippen LogP contribution in [0, 0.1) is 0 Å². The van der Waals surface area contributed by atoms with Crippen molar-refractivity contribution in [1.82, 2.24) is 14.9 Å². The minimum atomic E-state index is -1.08. The van der Waals surface area contributed by atoms with Gasteiger partial charge in [-0.2, -0.15) is 0 Å². The number of carbonyl (C=O) groups excluding carboxylic acids is 1. The molecule has 2 aromatic heterocycles. The van der Waals surface area contributed by atoms with Gasteiger partial charge in [0.05, 0.1) is 6.42 Å². The predicted molar refractivity (Wildman–Crippen MR) is 76.8 cm³/mol. The first kappa shape index (κ1) is 13.6. The quantitative estimate of drug-likeness (QED) is 0.897. The largest absolute Gasteiger partial charge is 0.480 e. The summed E-state index contributed by atoms with van der Waals surface area (Å²) in [7, 11) is 0. The van der Waals surface area contributed by atoms with Crippen LogP contribution in [-0.4, -0.2) is 43.9 Å². The fourth-order valence-corrected chi connectivity index (χ4v) is 3.00. The number of nitrogens with one attached hydrogen (secondary N) is 1. The van der Waals surface area contributed by atoms with Crippen LogP contribution in [-0.2, 0) is 16.0 Å². The van der Waals surface area contributed by atoms with Crippen LogP contribution in [0.1, 0.15) is 25.3 Å². The van der Waals surface area contributed by atoms with E-state index in [0.717, 1.165) is 23.0 Å². The summed E-state index contributed by atoms with van der Waals surface area (Å²) >= 11 is 0. The van der Waals surface area contributed by atoms with E-state index in [2.05, 4.69) is 9.97 Å². The zero-order valence-corrected chi connectivity index (χ0v) is 11.8. The molecule has 3 heterocycles. The average Bonchev–Trinajstić information content (AvgIpc) is 3.04. The number of nitrogens with zero attached hydrogens (tertiary/aromatic N) is 2. The lowest BCUT2D eigenvalue weighted by Crippen LogP contribution is -2.51. The molecule has 21 heavy (non-hydrogen) atoms. The zero-order valence-electron chi connectivity index (χ0n) is 11.8. The molecule has 1 fully saturated rings. The number of fused-ring (bicyclic) bond motifs is 1. The summed E-state index contributed by atoms with van der Waals surface area (Å²) in [5, 5.41) is 10.3. The van der Waals surface area contributed by atoms with Crippen LogP contribution in [0.2, 0.25) is 0 Å². The molecule has 6 nitrogen and oxygen atoms in total. The van der Waals surface area contributed by atoms with Gasteiger partial charge in [-0.15, -0.1) is 0 Å². The summed E-state index contributed by atoms with van der Waals surface area (Å²) < 4.78 is 0. The minimum absolute atomic E-state index is 0.151. The summed E-state index contributed by atoms with van der Waals surface area (Å²) in [5.41, 5.74) is 0.506. The molecular weight excluding hydrogens is 270 g/mol. The van der Waals surface area contributed by atoms with Crippen LogP contribution in [0.5, 0.6) is 0 Å². The second-order valence-corrected chi connectivity index (χ2v) is 5.62. The lowest BCUT2D eigenvalue weighted by Gasteiger charge is -2.31. The number of H-pyrrole nitrogens is 1. The van der Waals surface area contributed by atoms with E-state index in [0.29, 0.717) is 13.0 Å². The Morgan fingerprint density at radius 2 is 2.33 bits per heavy atom. The molecule has 0 bridgehead atoms. The molecule has 1 atom stereocenters. The second-order valence-electron chi connectivity index (χ2n) is 5.62. The number of carbonyl (C=O) groups is 2. The van der Waals surface area contributed by atoms with Crippen molar-refractivity contribution < 1.29 is 14.7 Å². The Labute approximate surface area is 121 Å². The number of carboxylic acids is 1. The number of aliphatic carboxylic acids is 1.